The summed E-state index contributed by atoms with van der Waals surface area (Å²) in [6.45, 7) is 0. The molecule has 0 bridgehead atoms. The van der Waals surface area contributed by atoms with Crippen molar-refractivity contribution in [1.29, 1.82) is 0 Å². The number of non-ortho nitro benzene ring substituents is 1. The third kappa shape index (κ3) is 2.92. The van der Waals surface area contributed by atoms with Crippen molar-refractivity contribution in [3.8, 4) is 22.8 Å². The number of rotatable bonds is 3. The Morgan fingerprint density at radius 3 is 2.57 bits per heavy atom. The van der Waals surface area contributed by atoms with Gasteiger partial charge in [-0.3, -0.25) is 10.1 Å². The van der Waals surface area contributed by atoms with Crippen molar-refractivity contribution in [1.82, 2.24) is 10.1 Å². The summed E-state index contributed by atoms with van der Waals surface area (Å²) >= 11 is 2.21. The molecule has 2 aromatic carbocycles. The van der Waals surface area contributed by atoms with Crippen LogP contribution in [-0.2, 0) is 0 Å². The highest BCUT2D eigenvalue weighted by atomic mass is 127. The highest BCUT2D eigenvalue weighted by molar-refractivity contribution is 14.1. The lowest BCUT2D eigenvalue weighted by molar-refractivity contribution is -0.384. The van der Waals surface area contributed by atoms with Gasteiger partial charge in [0.25, 0.3) is 11.6 Å². The summed E-state index contributed by atoms with van der Waals surface area (Å²) in [5, 5.41) is 14.7. The molecule has 0 aliphatic carbocycles. The maximum Gasteiger partial charge on any atom is 0.270 e. The van der Waals surface area contributed by atoms with Gasteiger partial charge in [-0.2, -0.15) is 4.98 Å². The Balaban J connectivity index is 1.96. The molecular weight excluding hydrogens is 385 g/mol. The fourth-order valence-electron chi connectivity index (χ4n) is 1.81. The van der Waals surface area contributed by atoms with Crippen LogP contribution >= 0.6 is 22.6 Å². The van der Waals surface area contributed by atoms with E-state index in [0.29, 0.717) is 17.3 Å². The van der Waals surface area contributed by atoms with Crippen molar-refractivity contribution < 1.29 is 9.45 Å². The van der Waals surface area contributed by atoms with Crippen LogP contribution in [0.5, 0.6) is 0 Å². The summed E-state index contributed by atoms with van der Waals surface area (Å²) in [5.41, 5.74) is 1.34. The van der Waals surface area contributed by atoms with Crippen LogP contribution in [0.3, 0.4) is 0 Å². The van der Waals surface area contributed by atoms with E-state index in [-0.39, 0.29) is 5.69 Å². The minimum Gasteiger partial charge on any atom is -0.334 e. The van der Waals surface area contributed by atoms with Gasteiger partial charge in [-0.05, 0) is 46.9 Å². The largest absolute Gasteiger partial charge is 0.334 e. The van der Waals surface area contributed by atoms with Crippen molar-refractivity contribution in [3.63, 3.8) is 0 Å². The van der Waals surface area contributed by atoms with Crippen LogP contribution in [0.15, 0.2) is 53.1 Å². The van der Waals surface area contributed by atoms with E-state index in [4.69, 9.17) is 4.52 Å². The molecule has 7 heteroatoms. The van der Waals surface area contributed by atoms with Gasteiger partial charge in [0.2, 0.25) is 5.82 Å². The third-order valence-electron chi connectivity index (χ3n) is 2.83. The Kier molecular flexibility index (Phi) is 3.65. The van der Waals surface area contributed by atoms with Crippen molar-refractivity contribution in [2.45, 2.75) is 0 Å². The second-order valence-electron chi connectivity index (χ2n) is 4.24. The van der Waals surface area contributed by atoms with Crippen molar-refractivity contribution in [2.75, 3.05) is 0 Å². The van der Waals surface area contributed by atoms with Crippen LogP contribution in [0.4, 0.5) is 5.69 Å². The second kappa shape index (κ2) is 5.60. The molecule has 0 amide bonds. The number of nitro groups is 1. The lowest BCUT2D eigenvalue weighted by Gasteiger charge is -1.95. The highest BCUT2D eigenvalue weighted by Gasteiger charge is 2.13. The van der Waals surface area contributed by atoms with E-state index in [1.807, 2.05) is 24.3 Å². The van der Waals surface area contributed by atoms with Crippen molar-refractivity contribution in [3.05, 3.63) is 62.2 Å². The normalized spacial score (nSPS) is 10.5. The van der Waals surface area contributed by atoms with Crippen LogP contribution in [0.25, 0.3) is 22.8 Å². The molecule has 3 aromatic rings. The van der Waals surface area contributed by atoms with E-state index in [2.05, 4.69) is 32.7 Å². The Bertz CT molecular complexity index is 799. The standard InChI is InChI=1S/C14H8IN3O3/c15-11-6-4-9(5-7-11)14-16-13(17-21-14)10-2-1-3-12(8-10)18(19)20/h1-8H. The molecule has 0 saturated carbocycles. The summed E-state index contributed by atoms with van der Waals surface area (Å²) < 4.78 is 6.32. The van der Waals surface area contributed by atoms with Crippen molar-refractivity contribution >= 4 is 28.3 Å². The SMILES string of the molecule is O=[N+]([O-])c1cccc(-c2noc(-c3ccc(I)cc3)n2)c1. The molecule has 0 spiro atoms. The zero-order valence-electron chi connectivity index (χ0n) is 10.6. The van der Waals surface area contributed by atoms with Crippen LogP contribution in [0.2, 0.25) is 0 Å². The monoisotopic (exact) mass is 393 g/mol. The fraction of sp³-hybridized carbons (Fsp3) is 0. The summed E-state index contributed by atoms with van der Waals surface area (Å²) in [6, 6.07) is 13.8. The van der Waals surface area contributed by atoms with Crippen LogP contribution < -0.4 is 0 Å². The molecule has 6 nitrogen and oxygen atoms in total. The van der Waals surface area contributed by atoms with Gasteiger partial charge in [0.15, 0.2) is 0 Å². The van der Waals surface area contributed by atoms with Gasteiger partial charge in [-0.1, -0.05) is 17.3 Å². The number of nitrogens with zero attached hydrogens (tertiary/aromatic N) is 3. The summed E-state index contributed by atoms with van der Waals surface area (Å²) in [7, 11) is 0. The highest BCUT2D eigenvalue weighted by Crippen LogP contribution is 2.25. The Morgan fingerprint density at radius 1 is 1.10 bits per heavy atom. The van der Waals surface area contributed by atoms with E-state index in [0.717, 1.165) is 9.13 Å². The summed E-state index contributed by atoms with van der Waals surface area (Å²) in [4.78, 5) is 14.6. The van der Waals surface area contributed by atoms with Crippen LogP contribution in [-0.4, -0.2) is 15.1 Å². The zero-order chi connectivity index (χ0) is 14.8. The molecule has 3 rings (SSSR count). The first-order chi connectivity index (χ1) is 10.1. The molecule has 0 saturated heterocycles. The molecule has 1 aromatic heterocycles. The van der Waals surface area contributed by atoms with Gasteiger partial charge in [-0.15, -0.1) is 0 Å². The third-order valence-corrected chi connectivity index (χ3v) is 3.55. The predicted octanol–water partition coefficient (Wildman–Crippen LogP) is 3.92. The van der Waals surface area contributed by atoms with E-state index in [9.17, 15) is 10.1 Å². The Morgan fingerprint density at radius 2 is 1.86 bits per heavy atom. The van der Waals surface area contributed by atoms with Gasteiger partial charge in [0.05, 0.1) is 4.92 Å². The lowest BCUT2D eigenvalue weighted by Crippen LogP contribution is -1.88. The minimum absolute atomic E-state index is 0.00638. The first-order valence-electron chi connectivity index (χ1n) is 5.98. The fourth-order valence-corrected chi connectivity index (χ4v) is 2.17. The van der Waals surface area contributed by atoms with Gasteiger partial charge in [0.1, 0.15) is 0 Å². The maximum atomic E-state index is 10.8. The van der Waals surface area contributed by atoms with Gasteiger partial charge < -0.3 is 4.52 Å². The first kappa shape index (κ1) is 13.7. The number of hydrogen-bond acceptors (Lipinski definition) is 5. The van der Waals surface area contributed by atoms with Gasteiger partial charge in [-0.25, -0.2) is 0 Å². The first-order valence-corrected chi connectivity index (χ1v) is 7.06. The number of benzene rings is 2. The Hall–Kier alpha value is -2.29. The molecule has 0 radical (unpaired) electrons. The average Bonchev–Trinajstić information content (AvgIpc) is 2.98. The number of nitro benzene ring substituents is 1. The molecule has 1 heterocycles. The Labute approximate surface area is 133 Å². The van der Waals surface area contributed by atoms with Crippen LogP contribution in [0.1, 0.15) is 0 Å². The number of halogens is 1. The topological polar surface area (TPSA) is 82.1 Å². The van der Waals surface area contributed by atoms with E-state index >= 15 is 0 Å². The quantitative estimate of drug-likeness (QED) is 0.383. The molecular formula is C14H8IN3O3. The second-order valence-corrected chi connectivity index (χ2v) is 5.48. The minimum atomic E-state index is -0.455. The molecule has 21 heavy (non-hydrogen) atoms. The van der Waals surface area contributed by atoms with E-state index < -0.39 is 4.92 Å². The van der Waals surface area contributed by atoms with E-state index in [1.54, 1.807) is 12.1 Å². The smallest absolute Gasteiger partial charge is 0.270 e. The van der Waals surface area contributed by atoms with Gasteiger partial charge in [0, 0.05) is 26.8 Å². The summed E-state index contributed by atoms with van der Waals surface area (Å²) in [5.74, 6) is 0.708. The molecule has 0 atom stereocenters. The molecule has 0 fully saturated rings. The number of aromatic nitrogens is 2. The maximum absolute atomic E-state index is 10.8. The van der Waals surface area contributed by atoms with Gasteiger partial charge >= 0.3 is 0 Å². The van der Waals surface area contributed by atoms with Crippen LogP contribution in [0, 0.1) is 13.7 Å². The molecule has 0 N–H and O–H groups in total. The van der Waals surface area contributed by atoms with Crippen molar-refractivity contribution in [2.24, 2.45) is 0 Å². The molecule has 0 unspecified atom stereocenters. The molecule has 0 aliphatic rings. The molecule has 0 aliphatic heterocycles. The molecule has 104 valence electrons. The lowest BCUT2D eigenvalue weighted by atomic mass is 10.2. The van der Waals surface area contributed by atoms with E-state index in [1.165, 1.54) is 12.1 Å². The predicted molar refractivity (Wildman–Crippen MR) is 84.5 cm³/mol. The average molecular weight is 393 g/mol. The summed E-state index contributed by atoms with van der Waals surface area (Å²) in [6.07, 6.45) is 0. The zero-order valence-corrected chi connectivity index (χ0v) is 12.7. The number of hydrogen-bond donors (Lipinski definition) is 0.